The molecule has 3 aliphatic heterocycles. The van der Waals surface area contributed by atoms with Gasteiger partial charge in [-0.05, 0) is 30.7 Å². The molecule has 3 aromatic carbocycles. The Labute approximate surface area is 266 Å². The Hall–Kier alpha value is -4.82. The molecule has 3 heterocycles. The van der Waals surface area contributed by atoms with Crippen LogP contribution in [-0.4, -0.2) is 65.9 Å². The van der Waals surface area contributed by atoms with Crippen molar-refractivity contribution in [1.29, 1.82) is 0 Å². The monoisotopic (exact) mass is 623 g/mol. The highest BCUT2D eigenvalue weighted by molar-refractivity contribution is 6.21. The van der Waals surface area contributed by atoms with Crippen molar-refractivity contribution in [1.82, 2.24) is 4.90 Å². The molecule has 2 fully saturated rings. The highest BCUT2D eigenvalue weighted by atomic mass is 16.8. The first-order valence-electron chi connectivity index (χ1n) is 15.3. The van der Waals surface area contributed by atoms with Crippen LogP contribution in [0.15, 0.2) is 78.9 Å². The number of nitrogens with zero attached hydrogens (tertiary/aromatic N) is 1. The highest BCUT2D eigenvalue weighted by Crippen LogP contribution is 2.40. The Kier molecular flexibility index (Phi) is 9.26. The van der Waals surface area contributed by atoms with Crippen LogP contribution < -0.4 is 0 Å². The van der Waals surface area contributed by atoms with Crippen LogP contribution in [0.5, 0.6) is 0 Å². The zero-order chi connectivity index (χ0) is 32.2. The van der Waals surface area contributed by atoms with Crippen LogP contribution in [0, 0.1) is 11.8 Å². The molecule has 0 spiro atoms. The highest BCUT2D eigenvalue weighted by Gasteiger charge is 2.58. The van der Waals surface area contributed by atoms with E-state index in [0.29, 0.717) is 17.5 Å². The Balaban J connectivity index is 1.38. The fraction of sp³-hybridized carbons (Fsp3) is 0.333. The number of carbonyl (C=O) groups excluding carboxylic acids is 4. The van der Waals surface area contributed by atoms with Crippen molar-refractivity contribution in [3.63, 3.8) is 0 Å². The molecular formula is C36H33NO9. The summed E-state index contributed by atoms with van der Waals surface area (Å²) in [4.78, 5) is 54.9. The molecule has 2 amide bonds. The maximum Gasteiger partial charge on any atom is 0.341 e. The largest absolute Gasteiger partial charge is 0.457 e. The first-order valence-corrected chi connectivity index (χ1v) is 15.3. The fourth-order valence-corrected chi connectivity index (χ4v) is 5.87. The molecule has 6 rings (SSSR count). The van der Waals surface area contributed by atoms with Gasteiger partial charge < -0.3 is 23.7 Å². The molecule has 0 aromatic heterocycles. The van der Waals surface area contributed by atoms with E-state index < -0.39 is 60.7 Å². The van der Waals surface area contributed by atoms with Crippen LogP contribution in [0.3, 0.4) is 0 Å². The molecule has 10 nitrogen and oxygen atoms in total. The summed E-state index contributed by atoms with van der Waals surface area (Å²) in [6.07, 6.45) is -2.93. The van der Waals surface area contributed by atoms with Crippen LogP contribution in [0.1, 0.15) is 81.6 Å². The quantitative estimate of drug-likeness (QED) is 0.158. The van der Waals surface area contributed by atoms with Crippen LogP contribution in [0.4, 0.5) is 0 Å². The standard InChI is InChI=1S/C36H33NO9/c1-3-4-5-7-14-23-15-10-11-18-25(23)34(41)46-36-29(37-32(39)26-19-12-13-20-27(26)33(37)40)31(43-22(2)38)30-28(44-36)21-42-35(45-30)24-16-8-6-9-17-24/h6,8-13,15-20,28-31,35-36H,3-5,21H2,1-2H3/t28-,29-,30-,31-,35-,36+/m1/s1. The summed E-state index contributed by atoms with van der Waals surface area (Å²) in [6.45, 7) is 3.27. The maximum absolute atomic E-state index is 13.8. The predicted octanol–water partition coefficient (Wildman–Crippen LogP) is 4.82. The molecule has 0 radical (unpaired) electrons. The molecule has 236 valence electrons. The Bertz CT molecular complexity index is 1660. The van der Waals surface area contributed by atoms with Gasteiger partial charge in [0.05, 0.1) is 23.3 Å². The second-order valence-electron chi connectivity index (χ2n) is 11.2. The first kappa shape index (κ1) is 31.2. The summed E-state index contributed by atoms with van der Waals surface area (Å²) < 4.78 is 30.4. The SMILES string of the molecule is CCCCC#Cc1ccccc1C(=O)O[C@@H]1O[C@@H]2CO[C@@H](c3ccccc3)O[C@H]2[C@H](OC(C)=O)[C@H]1N1C(=O)c2ccccc2C1=O. The minimum absolute atomic E-state index is 0.00955. The van der Waals surface area contributed by atoms with Crippen molar-refractivity contribution >= 4 is 23.8 Å². The Morgan fingerprint density at radius 2 is 1.57 bits per heavy atom. The van der Waals surface area contributed by atoms with Gasteiger partial charge in [0.1, 0.15) is 18.2 Å². The summed E-state index contributed by atoms with van der Waals surface area (Å²) in [5, 5.41) is 0. The Morgan fingerprint density at radius 3 is 2.26 bits per heavy atom. The number of esters is 2. The van der Waals surface area contributed by atoms with Gasteiger partial charge in [-0.15, -0.1) is 0 Å². The predicted molar refractivity (Wildman–Crippen MR) is 163 cm³/mol. The summed E-state index contributed by atoms with van der Waals surface area (Å²) in [6, 6.07) is 20.9. The number of unbranched alkanes of at least 4 members (excludes halogenated alkanes) is 2. The third kappa shape index (κ3) is 6.17. The van der Waals surface area contributed by atoms with Gasteiger partial charge in [-0.3, -0.25) is 19.3 Å². The minimum atomic E-state index is -1.54. The van der Waals surface area contributed by atoms with E-state index in [-0.39, 0.29) is 23.3 Å². The lowest BCUT2D eigenvalue weighted by Crippen LogP contribution is -2.68. The third-order valence-corrected chi connectivity index (χ3v) is 8.05. The second-order valence-corrected chi connectivity index (χ2v) is 11.2. The molecule has 6 atom stereocenters. The van der Waals surface area contributed by atoms with Gasteiger partial charge in [-0.2, -0.15) is 0 Å². The molecular weight excluding hydrogens is 590 g/mol. The number of hydrogen-bond acceptors (Lipinski definition) is 9. The van der Waals surface area contributed by atoms with Gasteiger partial charge in [-0.25, -0.2) is 4.79 Å². The molecule has 0 unspecified atom stereocenters. The van der Waals surface area contributed by atoms with Crippen LogP contribution in [-0.2, 0) is 28.5 Å². The zero-order valence-corrected chi connectivity index (χ0v) is 25.4. The molecule has 0 N–H and O–H groups in total. The molecule has 3 aromatic rings. The van der Waals surface area contributed by atoms with Gasteiger partial charge in [-0.1, -0.05) is 79.8 Å². The normalized spacial score (nSPS) is 25.1. The van der Waals surface area contributed by atoms with E-state index in [9.17, 15) is 19.2 Å². The van der Waals surface area contributed by atoms with Crippen molar-refractivity contribution in [2.45, 2.75) is 70.0 Å². The summed E-state index contributed by atoms with van der Waals surface area (Å²) in [5.41, 5.74) is 1.70. The van der Waals surface area contributed by atoms with E-state index in [0.717, 1.165) is 17.7 Å². The fourth-order valence-electron chi connectivity index (χ4n) is 5.87. The van der Waals surface area contributed by atoms with E-state index in [1.165, 1.54) is 19.1 Å². The molecule has 0 saturated carbocycles. The number of rotatable bonds is 7. The number of carbonyl (C=O) groups is 4. The van der Waals surface area contributed by atoms with E-state index in [2.05, 4.69) is 18.8 Å². The van der Waals surface area contributed by atoms with E-state index >= 15 is 0 Å². The lowest BCUT2D eigenvalue weighted by atomic mass is 9.94. The minimum Gasteiger partial charge on any atom is -0.457 e. The number of imide groups is 1. The van der Waals surface area contributed by atoms with Gasteiger partial charge in [0, 0.05) is 24.5 Å². The van der Waals surface area contributed by atoms with E-state index in [4.69, 9.17) is 23.7 Å². The number of fused-ring (bicyclic) bond motifs is 2. The summed E-state index contributed by atoms with van der Waals surface area (Å²) in [5.74, 6) is 3.37. The number of amides is 2. The summed E-state index contributed by atoms with van der Waals surface area (Å²) >= 11 is 0. The number of ether oxygens (including phenoxy) is 5. The van der Waals surface area contributed by atoms with Crippen molar-refractivity contribution < 1.29 is 42.9 Å². The molecule has 0 aliphatic carbocycles. The average Bonchev–Trinajstić information content (AvgIpc) is 3.32. The van der Waals surface area contributed by atoms with Crippen LogP contribution in [0.2, 0.25) is 0 Å². The average molecular weight is 624 g/mol. The molecule has 2 saturated heterocycles. The van der Waals surface area contributed by atoms with Crippen molar-refractivity contribution in [2.24, 2.45) is 0 Å². The zero-order valence-electron chi connectivity index (χ0n) is 25.4. The topological polar surface area (TPSA) is 118 Å². The molecule has 46 heavy (non-hydrogen) atoms. The lowest BCUT2D eigenvalue weighted by Gasteiger charge is -2.49. The van der Waals surface area contributed by atoms with E-state index in [1.807, 2.05) is 30.3 Å². The molecule has 10 heteroatoms. The number of hydrogen-bond donors (Lipinski definition) is 0. The van der Waals surface area contributed by atoms with Crippen LogP contribution >= 0.6 is 0 Å². The lowest BCUT2D eigenvalue weighted by molar-refractivity contribution is -0.342. The van der Waals surface area contributed by atoms with Crippen LogP contribution in [0.25, 0.3) is 0 Å². The van der Waals surface area contributed by atoms with Gasteiger partial charge in [0.2, 0.25) is 6.29 Å². The van der Waals surface area contributed by atoms with Crippen molar-refractivity contribution in [3.05, 3.63) is 107 Å². The number of benzene rings is 3. The van der Waals surface area contributed by atoms with Gasteiger partial charge in [0.25, 0.3) is 11.8 Å². The third-order valence-electron chi connectivity index (χ3n) is 8.05. The van der Waals surface area contributed by atoms with Crippen molar-refractivity contribution in [3.8, 4) is 11.8 Å². The van der Waals surface area contributed by atoms with E-state index in [1.54, 1.807) is 36.4 Å². The smallest absolute Gasteiger partial charge is 0.341 e. The Morgan fingerprint density at radius 1 is 0.891 bits per heavy atom. The second kappa shape index (κ2) is 13.7. The van der Waals surface area contributed by atoms with Gasteiger partial charge >= 0.3 is 11.9 Å². The maximum atomic E-state index is 13.8. The first-order chi connectivity index (χ1) is 22.4. The van der Waals surface area contributed by atoms with Gasteiger partial charge in [0.15, 0.2) is 12.4 Å². The molecule has 3 aliphatic rings. The molecule has 0 bridgehead atoms. The van der Waals surface area contributed by atoms with Crippen molar-refractivity contribution in [2.75, 3.05) is 6.61 Å². The summed E-state index contributed by atoms with van der Waals surface area (Å²) in [7, 11) is 0.